The summed E-state index contributed by atoms with van der Waals surface area (Å²) in [4.78, 5) is 15.3. The van der Waals surface area contributed by atoms with E-state index in [4.69, 9.17) is 9.47 Å². The van der Waals surface area contributed by atoms with Crippen molar-refractivity contribution < 1.29 is 19.4 Å². The van der Waals surface area contributed by atoms with Crippen molar-refractivity contribution in [1.82, 2.24) is 9.47 Å². The zero-order valence-electron chi connectivity index (χ0n) is 17.9. The van der Waals surface area contributed by atoms with Crippen LogP contribution in [0, 0.1) is 6.92 Å². The van der Waals surface area contributed by atoms with Gasteiger partial charge in [-0.1, -0.05) is 30.3 Å². The summed E-state index contributed by atoms with van der Waals surface area (Å²) in [6.07, 6.45) is 0. The number of rotatable bonds is 6. The minimum atomic E-state index is -0.359. The molecule has 6 nitrogen and oxygen atoms in total. The normalized spacial score (nSPS) is 14.8. The lowest BCUT2D eigenvalue weighted by Gasteiger charge is -2.27. The van der Waals surface area contributed by atoms with E-state index >= 15 is 0 Å². The monoisotopic (exact) mass is 486 g/mol. The standard InChI is InChI=1S/C24H27BrN2O4/c1-3-31-24(29)21-16(2)27(14-17-7-5-4-6-8-17)20-13-19(25)23(28)18(22(20)21)15-26-9-11-30-12-10-26/h4-8,13,28H,3,9-12,14-15H2,1-2H3. The fourth-order valence-electron chi connectivity index (χ4n) is 4.23. The zero-order chi connectivity index (χ0) is 22.0. The van der Waals surface area contributed by atoms with Crippen LogP contribution in [0.25, 0.3) is 10.9 Å². The predicted octanol–water partition coefficient (Wildman–Crippen LogP) is 4.48. The van der Waals surface area contributed by atoms with Crippen LogP contribution in [0.15, 0.2) is 40.9 Å². The smallest absolute Gasteiger partial charge is 0.340 e. The second-order valence-corrected chi connectivity index (χ2v) is 8.58. The Morgan fingerprint density at radius 1 is 1.19 bits per heavy atom. The molecule has 164 valence electrons. The molecule has 0 amide bonds. The molecular weight excluding hydrogens is 460 g/mol. The average molecular weight is 487 g/mol. The number of phenolic OH excluding ortho intramolecular Hbond substituents is 1. The fraction of sp³-hybridized carbons (Fsp3) is 0.375. The molecular formula is C24H27BrN2O4. The summed E-state index contributed by atoms with van der Waals surface area (Å²) >= 11 is 3.53. The SMILES string of the molecule is CCOC(=O)c1c(C)n(Cc2ccccc2)c2cc(Br)c(O)c(CN3CCOCC3)c12. The Bertz CT molecular complexity index is 1090. The maximum atomic E-state index is 13.0. The van der Waals surface area contributed by atoms with E-state index in [1.165, 1.54) is 0 Å². The van der Waals surface area contributed by atoms with Crippen LogP contribution in [0.5, 0.6) is 5.75 Å². The highest BCUT2D eigenvalue weighted by molar-refractivity contribution is 9.10. The van der Waals surface area contributed by atoms with Crippen molar-refractivity contribution in [3.05, 3.63) is 63.3 Å². The van der Waals surface area contributed by atoms with Gasteiger partial charge in [0.05, 0.1) is 35.4 Å². The Morgan fingerprint density at radius 2 is 1.90 bits per heavy atom. The van der Waals surface area contributed by atoms with Crippen LogP contribution in [0.1, 0.15) is 34.1 Å². The summed E-state index contributed by atoms with van der Waals surface area (Å²) in [5.41, 5.74) is 4.13. The summed E-state index contributed by atoms with van der Waals surface area (Å²) in [7, 11) is 0. The quantitative estimate of drug-likeness (QED) is 0.520. The lowest BCUT2D eigenvalue weighted by Crippen LogP contribution is -2.35. The molecule has 1 N–H and O–H groups in total. The first kappa shape index (κ1) is 21.9. The Kier molecular flexibility index (Phi) is 6.65. The van der Waals surface area contributed by atoms with E-state index in [0.717, 1.165) is 40.8 Å². The molecule has 1 aromatic heterocycles. The molecule has 1 fully saturated rings. The Labute approximate surface area is 190 Å². The van der Waals surface area contributed by atoms with Gasteiger partial charge in [-0.2, -0.15) is 0 Å². The Balaban J connectivity index is 1.92. The summed E-state index contributed by atoms with van der Waals surface area (Å²) in [5, 5.41) is 11.7. The molecule has 1 saturated heterocycles. The number of benzene rings is 2. The zero-order valence-corrected chi connectivity index (χ0v) is 19.4. The number of ether oxygens (including phenoxy) is 2. The van der Waals surface area contributed by atoms with Gasteiger partial charge in [0, 0.05) is 42.8 Å². The Morgan fingerprint density at radius 3 is 2.58 bits per heavy atom. The van der Waals surface area contributed by atoms with Gasteiger partial charge >= 0.3 is 5.97 Å². The van der Waals surface area contributed by atoms with Crippen molar-refractivity contribution in [3.8, 4) is 5.75 Å². The minimum Gasteiger partial charge on any atom is -0.506 e. The number of esters is 1. The molecule has 0 aliphatic carbocycles. The van der Waals surface area contributed by atoms with Gasteiger partial charge in [0.1, 0.15) is 5.75 Å². The summed E-state index contributed by atoms with van der Waals surface area (Å²) in [6.45, 7) is 8.09. The van der Waals surface area contributed by atoms with E-state index in [0.29, 0.717) is 42.9 Å². The van der Waals surface area contributed by atoms with E-state index in [-0.39, 0.29) is 11.7 Å². The van der Waals surface area contributed by atoms with E-state index in [1.54, 1.807) is 6.92 Å². The highest BCUT2D eigenvalue weighted by Crippen LogP contribution is 2.40. The number of hydrogen-bond acceptors (Lipinski definition) is 5. The molecule has 2 heterocycles. The van der Waals surface area contributed by atoms with Gasteiger partial charge in [0.2, 0.25) is 0 Å². The van der Waals surface area contributed by atoms with Gasteiger partial charge < -0.3 is 19.1 Å². The third kappa shape index (κ3) is 4.35. The lowest BCUT2D eigenvalue weighted by molar-refractivity contribution is 0.0340. The summed E-state index contributed by atoms with van der Waals surface area (Å²) in [6, 6.07) is 12.0. The molecule has 2 aromatic carbocycles. The number of nitrogens with zero attached hydrogens (tertiary/aromatic N) is 2. The third-order valence-corrected chi connectivity index (χ3v) is 6.39. The van der Waals surface area contributed by atoms with E-state index in [2.05, 4.69) is 37.5 Å². The minimum absolute atomic E-state index is 0.168. The number of phenols is 1. The summed E-state index contributed by atoms with van der Waals surface area (Å²) < 4.78 is 13.6. The largest absolute Gasteiger partial charge is 0.506 e. The molecule has 7 heteroatoms. The van der Waals surface area contributed by atoms with Crippen LogP contribution in [0.3, 0.4) is 0 Å². The molecule has 4 rings (SSSR count). The second kappa shape index (κ2) is 9.42. The molecule has 0 radical (unpaired) electrons. The van der Waals surface area contributed by atoms with Crippen LogP contribution in [0.2, 0.25) is 0 Å². The fourth-order valence-corrected chi connectivity index (χ4v) is 4.68. The number of carbonyl (C=O) groups is 1. The highest BCUT2D eigenvalue weighted by Gasteiger charge is 2.27. The van der Waals surface area contributed by atoms with E-state index in [1.807, 2.05) is 31.2 Å². The predicted molar refractivity (Wildman–Crippen MR) is 124 cm³/mol. The van der Waals surface area contributed by atoms with Gasteiger partial charge in [-0.3, -0.25) is 4.90 Å². The van der Waals surface area contributed by atoms with Crippen molar-refractivity contribution in [2.75, 3.05) is 32.9 Å². The van der Waals surface area contributed by atoms with Gasteiger partial charge in [0.25, 0.3) is 0 Å². The maximum absolute atomic E-state index is 13.0. The highest BCUT2D eigenvalue weighted by atomic mass is 79.9. The van der Waals surface area contributed by atoms with E-state index in [9.17, 15) is 9.90 Å². The lowest BCUT2D eigenvalue weighted by atomic mass is 10.0. The third-order valence-electron chi connectivity index (χ3n) is 5.79. The first-order valence-electron chi connectivity index (χ1n) is 10.6. The van der Waals surface area contributed by atoms with Crippen molar-refractivity contribution >= 4 is 32.8 Å². The number of carbonyl (C=O) groups excluding carboxylic acids is 1. The van der Waals surface area contributed by atoms with Gasteiger partial charge in [-0.25, -0.2) is 4.79 Å². The van der Waals surface area contributed by atoms with Crippen LogP contribution in [-0.2, 0) is 22.6 Å². The number of aromatic hydroxyl groups is 1. The van der Waals surface area contributed by atoms with Gasteiger partial charge in [-0.05, 0) is 41.4 Å². The molecule has 0 spiro atoms. The van der Waals surface area contributed by atoms with E-state index < -0.39 is 0 Å². The molecule has 1 aliphatic heterocycles. The topological polar surface area (TPSA) is 63.9 Å². The van der Waals surface area contributed by atoms with Crippen molar-refractivity contribution in [3.63, 3.8) is 0 Å². The first-order valence-corrected chi connectivity index (χ1v) is 11.3. The molecule has 0 bridgehead atoms. The van der Waals surface area contributed by atoms with Gasteiger partial charge in [-0.15, -0.1) is 0 Å². The molecule has 0 atom stereocenters. The van der Waals surface area contributed by atoms with Gasteiger partial charge in [0.15, 0.2) is 0 Å². The van der Waals surface area contributed by atoms with Crippen LogP contribution in [-0.4, -0.2) is 53.5 Å². The second-order valence-electron chi connectivity index (χ2n) is 7.72. The number of fused-ring (bicyclic) bond motifs is 1. The maximum Gasteiger partial charge on any atom is 0.340 e. The number of hydrogen-bond donors (Lipinski definition) is 1. The molecule has 1 aliphatic rings. The van der Waals surface area contributed by atoms with Crippen molar-refractivity contribution in [2.45, 2.75) is 26.9 Å². The number of morpholine rings is 1. The average Bonchev–Trinajstić information content (AvgIpc) is 3.04. The van der Waals surface area contributed by atoms with Crippen molar-refractivity contribution in [1.29, 1.82) is 0 Å². The molecule has 0 unspecified atom stereocenters. The molecule has 31 heavy (non-hydrogen) atoms. The first-order chi connectivity index (χ1) is 15.0. The number of aromatic nitrogens is 1. The van der Waals surface area contributed by atoms with Crippen LogP contribution in [0.4, 0.5) is 0 Å². The summed E-state index contributed by atoms with van der Waals surface area (Å²) in [5.74, 6) is -0.192. The van der Waals surface area contributed by atoms with Crippen LogP contribution < -0.4 is 0 Å². The van der Waals surface area contributed by atoms with Crippen molar-refractivity contribution in [2.24, 2.45) is 0 Å². The molecule has 0 saturated carbocycles. The Hall–Kier alpha value is -2.35. The van der Waals surface area contributed by atoms with Crippen LogP contribution >= 0.6 is 15.9 Å². The molecule has 3 aromatic rings. The number of halogens is 1.